The fourth-order valence-corrected chi connectivity index (χ4v) is 2.85. The fraction of sp³-hybridized carbons (Fsp3) is 0.143. The Bertz CT molecular complexity index is 958. The Morgan fingerprint density at radius 3 is 2.63 bits per heavy atom. The third-order valence-electron chi connectivity index (χ3n) is 4.27. The molecule has 0 saturated heterocycles. The van der Waals surface area contributed by atoms with Crippen LogP contribution in [0, 0.1) is 0 Å². The van der Waals surface area contributed by atoms with Crippen molar-refractivity contribution in [1.82, 2.24) is 10.5 Å². The monoisotopic (exact) mass is 363 g/mol. The van der Waals surface area contributed by atoms with Gasteiger partial charge in [-0.3, -0.25) is 14.8 Å². The van der Waals surface area contributed by atoms with E-state index in [1.54, 1.807) is 17.6 Å². The van der Waals surface area contributed by atoms with Gasteiger partial charge in [0.25, 0.3) is 0 Å². The third kappa shape index (κ3) is 5.05. The zero-order chi connectivity index (χ0) is 19.1. The molecule has 138 valence electrons. The molecule has 0 bridgehead atoms. The molecule has 0 aliphatic rings. The second-order valence-corrected chi connectivity index (χ2v) is 6.19. The maximum Gasteiger partial charge on any atom is 0.248 e. The first kappa shape index (κ1) is 18.4. The van der Waals surface area contributed by atoms with E-state index in [9.17, 15) is 9.59 Å². The van der Waals surface area contributed by atoms with Crippen LogP contribution in [0.1, 0.15) is 17.5 Å². The number of amides is 2. The van der Waals surface area contributed by atoms with E-state index >= 15 is 0 Å². The minimum absolute atomic E-state index is 0.192. The normalized spacial score (nSPS) is 11.0. The maximum absolute atomic E-state index is 12.1. The summed E-state index contributed by atoms with van der Waals surface area (Å²) >= 11 is 0. The SMILES string of the molecule is O=C(C=CCc1c[nH]c2ccccc12)Nc1ccc(CCC(=O)NO)cc1. The van der Waals surface area contributed by atoms with Gasteiger partial charge in [0.15, 0.2) is 0 Å². The lowest BCUT2D eigenvalue weighted by Crippen LogP contribution is -2.18. The van der Waals surface area contributed by atoms with Gasteiger partial charge >= 0.3 is 0 Å². The van der Waals surface area contributed by atoms with E-state index in [-0.39, 0.29) is 12.3 Å². The first-order valence-corrected chi connectivity index (χ1v) is 8.70. The Kier molecular flexibility index (Phi) is 6.02. The average molecular weight is 363 g/mol. The number of hydrogen-bond acceptors (Lipinski definition) is 3. The van der Waals surface area contributed by atoms with E-state index in [0.29, 0.717) is 18.5 Å². The molecule has 1 aromatic heterocycles. The molecule has 27 heavy (non-hydrogen) atoms. The summed E-state index contributed by atoms with van der Waals surface area (Å²) in [5.41, 5.74) is 5.47. The molecule has 3 aromatic rings. The summed E-state index contributed by atoms with van der Waals surface area (Å²) in [4.78, 5) is 26.3. The summed E-state index contributed by atoms with van der Waals surface area (Å²) in [6.07, 6.45) is 6.73. The summed E-state index contributed by atoms with van der Waals surface area (Å²) in [5.74, 6) is -0.616. The summed E-state index contributed by atoms with van der Waals surface area (Å²) in [5, 5.41) is 12.5. The van der Waals surface area contributed by atoms with Crippen LogP contribution in [0.25, 0.3) is 10.9 Å². The van der Waals surface area contributed by atoms with Gasteiger partial charge in [0.05, 0.1) is 0 Å². The van der Waals surface area contributed by atoms with Gasteiger partial charge < -0.3 is 10.3 Å². The van der Waals surface area contributed by atoms with Gasteiger partial charge in [-0.15, -0.1) is 0 Å². The van der Waals surface area contributed by atoms with Gasteiger partial charge in [-0.2, -0.15) is 0 Å². The average Bonchev–Trinajstić information content (AvgIpc) is 3.10. The van der Waals surface area contributed by atoms with Crippen LogP contribution in [-0.4, -0.2) is 22.0 Å². The molecule has 6 nitrogen and oxygen atoms in total. The largest absolute Gasteiger partial charge is 0.361 e. The number of carbonyl (C=O) groups excluding carboxylic acids is 2. The van der Waals surface area contributed by atoms with Crippen molar-refractivity contribution in [1.29, 1.82) is 0 Å². The van der Waals surface area contributed by atoms with E-state index in [0.717, 1.165) is 22.0 Å². The molecule has 2 amide bonds. The molecule has 0 aliphatic heterocycles. The minimum atomic E-state index is -0.423. The molecule has 0 aliphatic carbocycles. The lowest BCUT2D eigenvalue weighted by atomic mass is 10.1. The smallest absolute Gasteiger partial charge is 0.248 e. The predicted octanol–water partition coefficient (Wildman–Crippen LogP) is 3.34. The number of nitrogens with one attached hydrogen (secondary N) is 3. The van der Waals surface area contributed by atoms with Crippen molar-refractivity contribution >= 4 is 28.4 Å². The Balaban J connectivity index is 1.51. The number of anilines is 1. The van der Waals surface area contributed by atoms with E-state index in [1.807, 2.05) is 42.6 Å². The number of aromatic nitrogens is 1. The summed E-state index contributed by atoms with van der Waals surface area (Å²) < 4.78 is 0. The number of hydroxylamine groups is 1. The van der Waals surface area contributed by atoms with Crippen molar-refractivity contribution in [3.05, 3.63) is 78.0 Å². The molecule has 6 heteroatoms. The van der Waals surface area contributed by atoms with Gasteiger partial charge in [0, 0.05) is 29.2 Å². The predicted molar refractivity (Wildman–Crippen MR) is 104 cm³/mol. The molecule has 2 aromatic carbocycles. The van der Waals surface area contributed by atoms with Gasteiger partial charge in [-0.05, 0) is 48.2 Å². The van der Waals surface area contributed by atoms with Gasteiger partial charge in [-0.25, -0.2) is 5.48 Å². The molecule has 0 atom stereocenters. The van der Waals surface area contributed by atoms with E-state index in [1.165, 1.54) is 6.08 Å². The molecule has 0 radical (unpaired) electrons. The van der Waals surface area contributed by atoms with Crippen LogP contribution in [0.15, 0.2) is 66.9 Å². The number of carbonyl (C=O) groups is 2. The van der Waals surface area contributed by atoms with E-state index < -0.39 is 5.91 Å². The first-order valence-electron chi connectivity index (χ1n) is 8.70. The second-order valence-electron chi connectivity index (χ2n) is 6.19. The van der Waals surface area contributed by atoms with E-state index in [2.05, 4.69) is 16.4 Å². The number of aryl methyl sites for hydroxylation is 1. The van der Waals surface area contributed by atoms with Crippen LogP contribution < -0.4 is 10.8 Å². The number of rotatable bonds is 7. The van der Waals surface area contributed by atoms with Crippen LogP contribution in [0.3, 0.4) is 0 Å². The maximum atomic E-state index is 12.1. The minimum Gasteiger partial charge on any atom is -0.361 e. The lowest BCUT2D eigenvalue weighted by molar-refractivity contribution is -0.129. The highest BCUT2D eigenvalue weighted by Crippen LogP contribution is 2.18. The highest BCUT2D eigenvalue weighted by Gasteiger charge is 2.03. The topological polar surface area (TPSA) is 94.2 Å². The summed E-state index contributed by atoms with van der Waals surface area (Å²) in [6.45, 7) is 0. The summed E-state index contributed by atoms with van der Waals surface area (Å²) in [7, 11) is 0. The Morgan fingerprint density at radius 1 is 1.07 bits per heavy atom. The molecular weight excluding hydrogens is 342 g/mol. The molecular formula is C21H21N3O3. The van der Waals surface area contributed by atoms with Crippen molar-refractivity contribution in [3.63, 3.8) is 0 Å². The van der Waals surface area contributed by atoms with Crippen molar-refractivity contribution in [3.8, 4) is 0 Å². The Hall–Kier alpha value is -3.38. The molecule has 3 rings (SSSR count). The lowest BCUT2D eigenvalue weighted by Gasteiger charge is -2.04. The Morgan fingerprint density at radius 2 is 1.85 bits per heavy atom. The van der Waals surface area contributed by atoms with Crippen LogP contribution >= 0.6 is 0 Å². The fourth-order valence-electron chi connectivity index (χ4n) is 2.85. The second kappa shape index (κ2) is 8.82. The van der Waals surface area contributed by atoms with Gasteiger partial charge in [-0.1, -0.05) is 36.4 Å². The van der Waals surface area contributed by atoms with Crippen LogP contribution in [0.4, 0.5) is 5.69 Å². The van der Waals surface area contributed by atoms with Gasteiger partial charge in [0.2, 0.25) is 11.8 Å². The van der Waals surface area contributed by atoms with Crippen LogP contribution in [0.2, 0.25) is 0 Å². The van der Waals surface area contributed by atoms with Crippen molar-refractivity contribution < 1.29 is 14.8 Å². The van der Waals surface area contributed by atoms with Crippen molar-refractivity contribution in [2.24, 2.45) is 0 Å². The van der Waals surface area contributed by atoms with Crippen LogP contribution in [-0.2, 0) is 22.4 Å². The number of para-hydroxylation sites is 1. The number of fused-ring (bicyclic) bond motifs is 1. The molecule has 0 saturated carbocycles. The Labute approximate surface area is 156 Å². The highest BCUT2D eigenvalue weighted by atomic mass is 16.5. The van der Waals surface area contributed by atoms with E-state index in [4.69, 9.17) is 5.21 Å². The molecule has 0 unspecified atom stereocenters. The van der Waals surface area contributed by atoms with Crippen molar-refractivity contribution in [2.75, 3.05) is 5.32 Å². The number of benzene rings is 2. The molecule has 0 fully saturated rings. The number of H-pyrrole nitrogens is 1. The third-order valence-corrected chi connectivity index (χ3v) is 4.27. The highest BCUT2D eigenvalue weighted by molar-refractivity contribution is 5.99. The summed E-state index contributed by atoms with van der Waals surface area (Å²) in [6, 6.07) is 15.3. The number of aromatic amines is 1. The molecule has 4 N–H and O–H groups in total. The van der Waals surface area contributed by atoms with Gasteiger partial charge in [0.1, 0.15) is 0 Å². The quantitative estimate of drug-likeness (QED) is 0.295. The molecule has 1 heterocycles. The first-order chi connectivity index (χ1) is 13.2. The number of hydrogen-bond donors (Lipinski definition) is 4. The van der Waals surface area contributed by atoms with Crippen molar-refractivity contribution in [2.45, 2.75) is 19.3 Å². The zero-order valence-corrected chi connectivity index (χ0v) is 14.7. The standard InChI is InChI=1S/C21H21N3O3/c25-20(7-3-4-16-14-22-19-6-2-1-5-18(16)19)23-17-11-8-15(9-12-17)10-13-21(26)24-27/h1-3,5-9,11-12,14,22,27H,4,10,13H2,(H,23,25)(H,24,26). The number of allylic oxidation sites excluding steroid dienone is 1. The molecule has 0 spiro atoms. The zero-order valence-electron chi connectivity index (χ0n) is 14.7. The van der Waals surface area contributed by atoms with Crippen LogP contribution in [0.5, 0.6) is 0 Å².